The van der Waals surface area contributed by atoms with Gasteiger partial charge in [-0.15, -0.1) is 0 Å². The van der Waals surface area contributed by atoms with Crippen LogP contribution in [0.1, 0.15) is 34.8 Å². The number of carboxylic acid groups (broad SMARTS) is 1. The van der Waals surface area contributed by atoms with E-state index >= 15 is 0 Å². The van der Waals surface area contributed by atoms with Crippen LogP contribution in [0.15, 0.2) is 17.1 Å². The predicted molar refractivity (Wildman–Crippen MR) is 72.5 cm³/mol. The van der Waals surface area contributed by atoms with E-state index in [0.29, 0.717) is 0 Å². The normalized spacial score (nSPS) is 14.1. The van der Waals surface area contributed by atoms with E-state index in [-0.39, 0.29) is 28.2 Å². The van der Waals surface area contributed by atoms with E-state index in [4.69, 9.17) is 10.8 Å². The summed E-state index contributed by atoms with van der Waals surface area (Å²) in [7, 11) is 0. The molecule has 6 nitrogen and oxygen atoms in total. The number of carboxylic acids is 1. The van der Waals surface area contributed by atoms with Crippen molar-refractivity contribution in [3.8, 4) is 6.07 Å². The Hall–Kier alpha value is -2.88. The average molecular weight is 287 g/mol. The molecule has 106 valence electrons. The number of halogens is 1. The van der Waals surface area contributed by atoms with Crippen molar-refractivity contribution in [1.82, 2.24) is 4.57 Å². The van der Waals surface area contributed by atoms with Gasteiger partial charge in [-0.05, 0) is 18.9 Å². The fourth-order valence-corrected chi connectivity index (χ4v) is 2.41. The molecule has 1 heterocycles. The maximum Gasteiger partial charge on any atom is 0.341 e. The summed E-state index contributed by atoms with van der Waals surface area (Å²) in [6, 6.07) is 2.71. The number of anilines is 1. The second-order valence-electron chi connectivity index (χ2n) is 4.97. The molecular weight excluding hydrogens is 277 g/mol. The van der Waals surface area contributed by atoms with Crippen LogP contribution in [-0.4, -0.2) is 15.6 Å². The quantitative estimate of drug-likeness (QED) is 0.816. The van der Waals surface area contributed by atoms with E-state index in [1.165, 1.54) is 6.20 Å². The molecule has 0 radical (unpaired) electrons. The first-order chi connectivity index (χ1) is 9.95. The van der Waals surface area contributed by atoms with E-state index in [9.17, 15) is 19.2 Å². The first-order valence-corrected chi connectivity index (χ1v) is 6.26. The van der Waals surface area contributed by atoms with Gasteiger partial charge in [0.1, 0.15) is 23.0 Å². The molecule has 1 fully saturated rings. The fraction of sp³-hybridized carbons (Fsp3) is 0.214. The lowest BCUT2D eigenvalue weighted by Crippen LogP contribution is -2.20. The molecule has 3 N–H and O–H groups in total. The zero-order chi connectivity index (χ0) is 15.3. The summed E-state index contributed by atoms with van der Waals surface area (Å²) in [5, 5.41) is 18.2. The van der Waals surface area contributed by atoms with Crippen molar-refractivity contribution in [3.05, 3.63) is 39.4 Å². The number of nitrogens with zero attached hydrogens (tertiary/aromatic N) is 2. The van der Waals surface area contributed by atoms with Crippen LogP contribution in [0.2, 0.25) is 0 Å². The summed E-state index contributed by atoms with van der Waals surface area (Å²) >= 11 is 0. The highest BCUT2D eigenvalue weighted by Gasteiger charge is 2.29. The standard InChI is InChI=1S/C14H10FN3O3/c15-10-3-7-12(8(4-16)11(10)17)18(6-1-2-6)5-9(13(7)19)14(20)21/h3,5-6H,1-2,17H2,(H,20,21). The third-order valence-corrected chi connectivity index (χ3v) is 3.59. The third-order valence-electron chi connectivity index (χ3n) is 3.59. The van der Waals surface area contributed by atoms with Crippen LogP contribution in [0.5, 0.6) is 0 Å². The Bertz CT molecular complexity index is 891. The maximum atomic E-state index is 13.8. The van der Waals surface area contributed by atoms with Crippen LogP contribution in [0.3, 0.4) is 0 Å². The van der Waals surface area contributed by atoms with Crippen LogP contribution >= 0.6 is 0 Å². The van der Waals surface area contributed by atoms with E-state index in [2.05, 4.69) is 0 Å². The van der Waals surface area contributed by atoms with Crippen LogP contribution in [-0.2, 0) is 0 Å². The van der Waals surface area contributed by atoms with Gasteiger partial charge in [0.25, 0.3) is 0 Å². The average Bonchev–Trinajstić information content (AvgIpc) is 3.26. The molecule has 0 aliphatic heterocycles. The van der Waals surface area contributed by atoms with Crippen LogP contribution < -0.4 is 11.2 Å². The number of rotatable bonds is 2. The first kappa shape index (κ1) is 13.1. The molecule has 1 aliphatic carbocycles. The van der Waals surface area contributed by atoms with Gasteiger partial charge in [-0.1, -0.05) is 0 Å². The van der Waals surface area contributed by atoms with Gasteiger partial charge in [-0.25, -0.2) is 9.18 Å². The summed E-state index contributed by atoms with van der Waals surface area (Å²) in [6.07, 6.45) is 2.82. The molecule has 0 bridgehead atoms. The van der Waals surface area contributed by atoms with Gasteiger partial charge in [-0.2, -0.15) is 5.26 Å². The number of carbonyl (C=O) groups is 1. The van der Waals surface area contributed by atoms with E-state index in [1.807, 2.05) is 0 Å². The summed E-state index contributed by atoms with van der Waals surface area (Å²) in [5.74, 6) is -2.28. The molecule has 2 aromatic rings. The Labute approximate surface area is 117 Å². The topological polar surface area (TPSA) is 109 Å². The number of nitriles is 1. The number of hydrogen-bond acceptors (Lipinski definition) is 4. The molecule has 1 aromatic carbocycles. The largest absolute Gasteiger partial charge is 0.477 e. The van der Waals surface area contributed by atoms with Gasteiger partial charge in [0.05, 0.1) is 16.6 Å². The fourth-order valence-electron chi connectivity index (χ4n) is 2.41. The van der Waals surface area contributed by atoms with Crippen LogP contribution in [0.25, 0.3) is 10.9 Å². The molecular formula is C14H10FN3O3. The highest BCUT2D eigenvalue weighted by atomic mass is 19.1. The molecule has 21 heavy (non-hydrogen) atoms. The van der Waals surface area contributed by atoms with Gasteiger partial charge in [0, 0.05) is 12.2 Å². The van der Waals surface area contributed by atoms with E-state index < -0.39 is 22.8 Å². The molecule has 0 unspecified atom stereocenters. The molecule has 0 atom stereocenters. The number of benzene rings is 1. The molecule has 0 spiro atoms. The number of nitrogens with two attached hydrogens (primary N) is 1. The Morgan fingerprint density at radius 2 is 2.19 bits per heavy atom. The Balaban J connectivity index is 2.56. The maximum absolute atomic E-state index is 13.8. The van der Waals surface area contributed by atoms with Crippen molar-refractivity contribution in [1.29, 1.82) is 5.26 Å². The van der Waals surface area contributed by atoms with Crippen molar-refractivity contribution in [3.63, 3.8) is 0 Å². The van der Waals surface area contributed by atoms with Crippen molar-refractivity contribution in [2.45, 2.75) is 18.9 Å². The summed E-state index contributed by atoms with van der Waals surface area (Å²) in [6.45, 7) is 0. The van der Waals surface area contributed by atoms with Crippen molar-refractivity contribution < 1.29 is 14.3 Å². The predicted octanol–water partition coefficient (Wildman–Crippen LogP) is 1.63. The number of fused-ring (bicyclic) bond motifs is 1. The van der Waals surface area contributed by atoms with Crippen LogP contribution in [0, 0.1) is 17.1 Å². The molecule has 7 heteroatoms. The number of pyridine rings is 1. The second-order valence-corrected chi connectivity index (χ2v) is 4.97. The number of aromatic nitrogens is 1. The third kappa shape index (κ3) is 1.84. The van der Waals surface area contributed by atoms with Crippen molar-refractivity contribution >= 4 is 22.6 Å². The second kappa shape index (κ2) is 4.31. The SMILES string of the molecule is N#Cc1c(N)c(F)cc2c(=O)c(C(=O)O)cn(C3CC3)c12. The lowest BCUT2D eigenvalue weighted by molar-refractivity contribution is 0.0695. The molecule has 1 saturated carbocycles. The van der Waals surface area contributed by atoms with Gasteiger partial charge >= 0.3 is 5.97 Å². The summed E-state index contributed by atoms with van der Waals surface area (Å²) < 4.78 is 15.3. The van der Waals surface area contributed by atoms with Gasteiger partial charge in [0.2, 0.25) is 5.43 Å². The molecule has 0 amide bonds. The number of nitrogen functional groups attached to an aromatic ring is 1. The summed E-state index contributed by atoms with van der Waals surface area (Å²) in [4.78, 5) is 23.4. The Kier molecular flexibility index (Phi) is 2.69. The van der Waals surface area contributed by atoms with Crippen LogP contribution in [0.4, 0.5) is 10.1 Å². The first-order valence-electron chi connectivity index (χ1n) is 6.26. The Morgan fingerprint density at radius 1 is 1.52 bits per heavy atom. The molecule has 1 aliphatic rings. The molecule has 0 saturated heterocycles. The highest BCUT2D eigenvalue weighted by Crippen LogP contribution is 2.38. The molecule has 3 rings (SSSR count). The lowest BCUT2D eigenvalue weighted by atomic mass is 10.0. The van der Waals surface area contributed by atoms with Crippen molar-refractivity contribution in [2.24, 2.45) is 0 Å². The monoisotopic (exact) mass is 287 g/mol. The minimum Gasteiger partial charge on any atom is -0.477 e. The minimum atomic E-state index is -1.38. The molecule has 1 aromatic heterocycles. The minimum absolute atomic E-state index is 0.00293. The van der Waals surface area contributed by atoms with Crippen molar-refractivity contribution in [2.75, 3.05) is 5.73 Å². The smallest absolute Gasteiger partial charge is 0.341 e. The number of aromatic carboxylic acids is 1. The Morgan fingerprint density at radius 3 is 2.71 bits per heavy atom. The van der Waals surface area contributed by atoms with Gasteiger partial charge < -0.3 is 15.4 Å². The summed E-state index contributed by atoms with van der Waals surface area (Å²) in [5.41, 5.74) is 4.05. The zero-order valence-electron chi connectivity index (χ0n) is 10.8. The van der Waals surface area contributed by atoms with Gasteiger partial charge in [-0.3, -0.25) is 4.79 Å². The van der Waals surface area contributed by atoms with E-state index in [1.54, 1.807) is 10.6 Å². The van der Waals surface area contributed by atoms with Gasteiger partial charge in [0.15, 0.2) is 0 Å². The van der Waals surface area contributed by atoms with E-state index in [0.717, 1.165) is 18.9 Å². The lowest BCUT2D eigenvalue weighted by Gasteiger charge is -2.14. The number of hydrogen-bond donors (Lipinski definition) is 2. The highest BCUT2D eigenvalue weighted by molar-refractivity contribution is 5.96. The zero-order valence-corrected chi connectivity index (χ0v) is 10.8.